The molecule has 178 valence electrons. The summed E-state index contributed by atoms with van der Waals surface area (Å²) < 4.78 is 36.0. The molecule has 3 heterocycles. The molecule has 9 nitrogen and oxygen atoms in total. The smallest absolute Gasteiger partial charge is 0.227 e. The zero-order valence-electron chi connectivity index (χ0n) is 18.9. The van der Waals surface area contributed by atoms with Crippen LogP contribution < -0.4 is 15.0 Å². The van der Waals surface area contributed by atoms with Gasteiger partial charge >= 0.3 is 0 Å². The Morgan fingerprint density at radius 2 is 2.03 bits per heavy atom. The Bertz CT molecular complexity index is 1320. The predicted molar refractivity (Wildman–Crippen MR) is 126 cm³/mol. The van der Waals surface area contributed by atoms with Gasteiger partial charge in [0.25, 0.3) is 0 Å². The Hall–Kier alpha value is -4.59. The molecule has 0 bridgehead atoms. The van der Waals surface area contributed by atoms with E-state index in [1.165, 1.54) is 23.0 Å². The van der Waals surface area contributed by atoms with Crippen molar-refractivity contribution in [2.45, 2.75) is 13.0 Å². The zero-order chi connectivity index (χ0) is 24.6. The second-order valence-corrected chi connectivity index (χ2v) is 7.52. The van der Waals surface area contributed by atoms with Crippen LogP contribution in [-0.2, 0) is 6.54 Å². The van der Waals surface area contributed by atoms with Crippen LogP contribution in [0.1, 0.15) is 6.42 Å². The first kappa shape index (κ1) is 23.6. The van der Waals surface area contributed by atoms with Crippen molar-refractivity contribution in [3.8, 4) is 23.1 Å². The summed E-state index contributed by atoms with van der Waals surface area (Å²) in [5.74, 6) is -0.187. The summed E-state index contributed by atoms with van der Waals surface area (Å²) >= 11 is 0. The zero-order valence-corrected chi connectivity index (χ0v) is 18.9. The lowest BCUT2D eigenvalue weighted by molar-refractivity contribution is 0.309. The summed E-state index contributed by atoms with van der Waals surface area (Å²) in [6, 6.07) is 12.0. The number of nitrogens with zero attached hydrogens (tertiary/aromatic N) is 7. The lowest BCUT2D eigenvalue weighted by atomic mass is 10.2. The number of aryl methyl sites for hydroxylation is 1. The van der Waals surface area contributed by atoms with Crippen molar-refractivity contribution in [2.75, 3.05) is 30.4 Å². The number of anilines is 3. The summed E-state index contributed by atoms with van der Waals surface area (Å²) in [4.78, 5) is 14.3. The van der Waals surface area contributed by atoms with Gasteiger partial charge in [-0.3, -0.25) is 4.68 Å². The van der Waals surface area contributed by atoms with Gasteiger partial charge < -0.3 is 15.0 Å². The number of halogens is 2. The molecule has 0 saturated heterocycles. The van der Waals surface area contributed by atoms with Crippen LogP contribution in [0.25, 0.3) is 11.3 Å². The molecule has 35 heavy (non-hydrogen) atoms. The average molecular weight is 476 g/mol. The molecule has 0 unspecified atom stereocenters. The van der Waals surface area contributed by atoms with Gasteiger partial charge in [-0.15, -0.1) is 0 Å². The Kier molecular flexibility index (Phi) is 7.42. The number of ether oxygens (including phenoxy) is 1. The van der Waals surface area contributed by atoms with Gasteiger partial charge in [-0.05, 0) is 24.3 Å². The second kappa shape index (κ2) is 11.0. The van der Waals surface area contributed by atoms with Crippen LogP contribution in [0.2, 0.25) is 0 Å². The number of rotatable bonds is 10. The van der Waals surface area contributed by atoms with Crippen LogP contribution in [0.3, 0.4) is 0 Å². The Morgan fingerprint density at radius 1 is 1.14 bits per heavy atom. The average Bonchev–Trinajstić information content (AvgIpc) is 3.34. The van der Waals surface area contributed by atoms with Gasteiger partial charge in [0.2, 0.25) is 5.95 Å². The van der Waals surface area contributed by atoms with E-state index in [4.69, 9.17) is 10.00 Å². The van der Waals surface area contributed by atoms with Crippen LogP contribution >= 0.6 is 0 Å². The molecule has 0 aliphatic rings. The third kappa shape index (κ3) is 6.05. The van der Waals surface area contributed by atoms with E-state index < -0.39 is 11.6 Å². The van der Waals surface area contributed by atoms with E-state index in [-0.39, 0.29) is 30.4 Å². The minimum Gasteiger partial charge on any atom is -0.489 e. The molecule has 1 aromatic carbocycles. The molecule has 4 aromatic rings. The maximum atomic E-state index is 14.6. The van der Waals surface area contributed by atoms with E-state index in [2.05, 4.69) is 25.4 Å². The van der Waals surface area contributed by atoms with Gasteiger partial charge in [0.05, 0.1) is 38.0 Å². The fourth-order valence-corrected chi connectivity index (χ4v) is 3.21. The second-order valence-electron chi connectivity index (χ2n) is 7.52. The minimum atomic E-state index is -0.624. The summed E-state index contributed by atoms with van der Waals surface area (Å²) in [6.45, 7) is 1.18. The van der Waals surface area contributed by atoms with E-state index in [9.17, 15) is 8.78 Å². The fourth-order valence-electron chi connectivity index (χ4n) is 3.21. The van der Waals surface area contributed by atoms with Gasteiger partial charge in [-0.1, -0.05) is 6.07 Å². The molecular weight excluding hydrogens is 454 g/mol. The molecule has 0 fully saturated rings. The third-order valence-electron chi connectivity index (χ3n) is 5.02. The van der Waals surface area contributed by atoms with Gasteiger partial charge in [-0.25, -0.2) is 23.7 Å². The Morgan fingerprint density at radius 3 is 2.80 bits per heavy atom. The molecule has 4 rings (SSSR count). The molecule has 0 spiro atoms. The number of benzene rings is 1. The standard InChI is InChI=1S/C24H22F2N8O/c1-33(22-5-2-3-9-28-22)11-12-35-21-7-6-18(13-19(21)25)31-24-29-15-20(26)23(32-24)17-14-30-34(16-17)10-4-8-27/h2-3,5-7,9,13-16H,4,10-12H2,1H3,(H,29,31,32). The number of hydrogen-bond acceptors (Lipinski definition) is 8. The number of likely N-dealkylation sites (N-methyl/N-ethyl adjacent to an activating group) is 1. The van der Waals surface area contributed by atoms with Crippen LogP contribution in [0, 0.1) is 23.0 Å². The van der Waals surface area contributed by atoms with E-state index in [0.717, 1.165) is 12.0 Å². The van der Waals surface area contributed by atoms with Crippen LogP contribution in [0.4, 0.5) is 26.2 Å². The fraction of sp³-hybridized carbons (Fsp3) is 0.208. The normalized spacial score (nSPS) is 10.6. The van der Waals surface area contributed by atoms with Crippen molar-refractivity contribution < 1.29 is 13.5 Å². The molecule has 0 radical (unpaired) electrons. The van der Waals surface area contributed by atoms with Crippen molar-refractivity contribution in [1.82, 2.24) is 24.7 Å². The quantitative estimate of drug-likeness (QED) is 0.363. The highest BCUT2D eigenvalue weighted by atomic mass is 19.1. The van der Waals surface area contributed by atoms with Gasteiger partial charge in [0, 0.05) is 36.8 Å². The number of hydrogen-bond donors (Lipinski definition) is 1. The van der Waals surface area contributed by atoms with E-state index >= 15 is 0 Å². The highest BCUT2D eigenvalue weighted by molar-refractivity contribution is 5.61. The molecular formula is C24H22F2N8O. The number of nitrogens with one attached hydrogen (secondary N) is 1. The minimum absolute atomic E-state index is 0.0446. The summed E-state index contributed by atoms with van der Waals surface area (Å²) in [7, 11) is 1.88. The van der Waals surface area contributed by atoms with Gasteiger partial charge in [0.15, 0.2) is 17.4 Å². The van der Waals surface area contributed by atoms with Crippen molar-refractivity contribution in [2.24, 2.45) is 0 Å². The van der Waals surface area contributed by atoms with Crippen molar-refractivity contribution in [3.63, 3.8) is 0 Å². The Balaban J connectivity index is 1.39. The van der Waals surface area contributed by atoms with Gasteiger partial charge in [0.1, 0.15) is 18.1 Å². The molecule has 0 amide bonds. The first-order chi connectivity index (χ1) is 17.0. The van der Waals surface area contributed by atoms with Crippen LogP contribution in [0.5, 0.6) is 5.75 Å². The molecule has 0 aliphatic heterocycles. The lowest BCUT2D eigenvalue weighted by Gasteiger charge is -2.18. The number of pyridine rings is 1. The molecule has 1 N–H and O–H groups in total. The maximum Gasteiger partial charge on any atom is 0.227 e. The SMILES string of the molecule is CN(CCOc1ccc(Nc2ncc(F)c(-c3cnn(CCC#N)c3)n2)cc1F)c1ccccn1. The van der Waals surface area contributed by atoms with Crippen molar-refractivity contribution >= 4 is 17.5 Å². The maximum absolute atomic E-state index is 14.6. The van der Waals surface area contributed by atoms with E-state index in [0.29, 0.717) is 24.3 Å². The highest BCUT2D eigenvalue weighted by Crippen LogP contribution is 2.25. The summed E-state index contributed by atoms with van der Waals surface area (Å²) in [5.41, 5.74) is 0.863. The van der Waals surface area contributed by atoms with Crippen molar-refractivity contribution in [3.05, 3.63) is 72.8 Å². The number of nitriles is 1. The van der Waals surface area contributed by atoms with Gasteiger partial charge in [-0.2, -0.15) is 10.4 Å². The van der Waals surface area contributed by atoms with Crippen LogP contribution in [0.15, 0.2) is 61.2 Å². The van der Waals surface area contributed by atoms with E-state index in [1.807, 2.05) is 36.2 Å². The predicted octanol–water partition coefficient (Wildman–Crippen LogP) is 4.19. The summed E-state index contributed by atoms with van der Waals surface area (Å²) in [5, 5.41) is 15.7. The lowest BCUT2D eigenvalue weighted by Crippen LogP contribution is -2.24. The molecule has 11 heteroatoms. The third-order valence-corrected chi connectivity index (χ3v) is 5.02. The molecule has 0 aliphatic carbocycles. The van der Waals surface area contributed by atoms with E-state index in [1.54, 1.807) is 18.5 Å². The van der Waals surface area contributed by atoms with Crippen molar-refractivity contribution in [1.29, 1.82) is 5.26 Å². The Labute approximate surface area is 200 Å². The largest absolute Gasteiger partial charge is 0.489 e. The summed E-state index contributed by atoms with van der Waals surface area (Å²) in [6.07, 6.45) is 6.08. The topological polar surface area (TPSA) is 105 Å². The first-order valence-electron chi connectivity index (χ1n) is 10.8. The molecule has 3 aromatic heterocycles. The first-order valence-corrected chi connectivity index (χ1v) is 10.8. The van der Waals surface area contributed by atoms with Crippen LogP contribution in [-0.4, -0.2) is 44.9 Å². The molecule has 0 atom stereocenters. The monoisotopic (exact) mass is 476 g/mol. The number of aromatic nitrogens is 5. The highest BCUT2D eigenvalue weighted by Gasteiger charge is 2.13. The molecule has 0 saturated carbocycles.